The van der Waals surface area contributed by atoms with E-state index in [1.807, 2.05) is 0 Å². The molecule has 0 amide bonds. The van der Waals surface area contributed by atoms with Gasteiger partial charge in [-0.25, -0.2) is 9.67 Å². The van der Waals surface area contributed by atoms with E-state index < -0.39 is 40.6 Å². The van der Waals surface area contributed by atoms with Crippen LogP contribution in [0.2, 0.25) is 0 Å². The second kappa shape index (κ2) is 6.23. The minimum absolute atomic E-state index is 0.0144. The zero-order chi connectivity index (χ0) is 18.2. The van der Waals surface area contributed by atoms with Crippen LogP contribution in [-0.4, -0.2) is 32.1 Å². The molecule has 1 aromatic heterocycles. The summed E-state index contributed by atoms with van der Waals surface area (Å²) < 4.78 is 41.4. The molecule has 2 aromatic rings. The van der Waals surface area contributed by atoms with Crippen LogP contribution in [0.25, 0.3) is 5.69 Å². The molecule has 3 rings (SSSR count). The molecule has 1 heterocycles. The standard InChI is InChI=1S/C16H12F3N3O3/c17-16(18,19)11-6-9(22-8-20-7-21-22)4-5-10(11)15(25)14-12(23)2-1-3-13(14)24/h4-8,14H,1-3H2. The smallest absolute Gasteiger partial charge is 0.298 e. The highest BCUT2D eigenvalue weighted by atomic mass is 19.4. The van der Waals surface area contributed by atoms with E-state index in [0.29, 0.717) is 6.42 Å². The maximum Gasteiger partial charge on any atom is 0.417 e. The summed E-state index contributed by atoms with van der Waals surface area (Å²) in [5.41, 5.74) is -1.84. The number of nitrogens with zero attached hydrogens (tertiary/aromatic N) is 3. The Morgan fingerprint density at radius 3 is 2.40 bits per heavy atom. The van der Waals surface area contributed by atoms with E-state index >= 15 is 0 Å². The fourth-order valence-electron chi connectivity index (χ4n) is 2.82. The minimum atomic E-state index is -4.83. The van der Waals surface area contributed by atoms with E-state index in [1.165, 1.54) is 12.4 Å². The van der Waals surface area contributed by atoms with Gasteiger partial charge in [0.1, 0.15) is 18.6 Å². The number of ketones is 3. The molecule has 0 spiro atoms. The number of alkyl halides is 3. The Bertz CT molecular complexity index is 828. The van der Waals surface area contributed by atoms with Crippen LogP contribution in [0.3, 0.4) is 0 Å². The van der Waals surface area contributed by atoms with Crippen LogP contribution in [0, 0.1) is 5.92 Å². The molecule has 0 aliphatic heterocycles. The van der Waals surface area contributed by atoms with Crippen LogP contribution in [-0.2, 0) is 15.8 Å². The topological polar surface area (TPSA) is 81.9 Å². The maximum atomic E-state index is 13.4. The molecule has 1 aliphatic rings. The van der Waals surface area contributed by atoms with Crippen LogP contribution in [0.5, 0.6) is 0 Å². The predicted molar refractivity (Wildman–Crippen MR) is 78.0 cm³/mol. The van der Waals surface area contributed by atoms with Gasteiger partial charge in [-0.15, -0.1) is 0 Å². The Hall–Kier alpha value is -2.84. The molecule has 0 atom stereocenters. The van der Waals surface area contributed by atoms with Crippen molar-refractivity contribution in [2.24, 2.45) is 5.92 Å². The summed E-state index contributed by atoms with van der Waals surface area (Å²) in [5.74, 6) is -4.01. The maximum absolute atomic E-state index is 13.4. The van der Waals surface area contributed by atoms with Crippen molar-refractivity contribution < 1.29 is 27.6 Å². The van der Waals surface area contributed by atoms with E-state index in [9.17, 15) is 27.6 Å². The van der Waals surface area contributed by atoms with Crippen molar-refractivity contribution in [3.8, 4) is 5.69 Å². The van der Waals surface area contributed by atoms with Crippen LogP contribution in [0.4, 0.5) is 13.2 Å². The van der Waals surface area contributed by atoms with Gasteiger partial charge in [0, 0.05) is 18.4 Å². The van der Waals surface area contributed by atoms with E-state index in [1.54, 1.807) is 0 Å². The minimum Gasteiger partial charge on any atom is -0.298 e. The summed E-state index contributed by atoms with van der Waals surface area (Å²) in [7, 11) is 0. The molecule has 0 N–H and O–H groups in total. The molecule has 130 valence electrons. The highest BCUT2D eigenvalue weighted by molar-refractivity contribution is 6.25. The summed E-state index contributed by atoms with van der Waals surface area (Å²) in [4.78, 5) is 39.9. The first kappa shape index (κ1) is 17.0. The zero-order valence-corrected chi connectivity index (χ0v) is 12.8. The van der Waals surface area contributed by atoms with Crippen molar-refractivity contribution in [2.45, 2.75) is 25.4 Å². The number of aromatic nitrogens is 3. The van der Waals surface area contributed by atoms with Crippen molar-refractivity contribution in [3.05, 3.63) is 42.0 Å². The number of Topliss-reactive ketones (excluding diaryl/α,β-unsaturated/α-hetero) is 3. The molecule has 0 radical (unpaired) electrons. The lowest BCUT2D eigenvalue weighted by Crippen LogP contribution is -2.36. The number of halogens is 3. The van der Waals surface area contributed by atoms with Crippen molar-refractivity contribution in [1.82, 2.24) is 14.8 Å². The lowest BCUT2D eigenvalue weighted by Gasteiger charge is -2.20. The van der Waals surface area contributed by atoms with Crippen LogP contribution >= 0.6 is 0 Å². The fourth-order valence-corrected chi connectivity index (χ4v) is 2.82. The third kappa shape index (κ3) is 3.21. The van der Waals surface area contributed by atoms with Crippen molar-refractivity contribution in [2.75, 3.05) is 0 Å². The summed E-state index contributed by atoms with van der Waals surface area (Å²) in [6.07, 6.45) is -2.11. The van der Waals surface area contributed by atoms with E-state index in [0.717, 1.165) is 23.1 Å². The van der Waals surface area contributed by atoms with Crippen molar-refractivity contribution in [3.63, 3.8) is 0 Å². The van der Waals surface area contributed by atoms with Gasteiger partial charge in [0.2, 0.25) is 0 Å². The summed E-state index contributed by atoms with van der Waals surface area (Å²) in [6.45, 7) is 0. The molecule has 6 nitrogen and oxygen atoms in total. The Morgan fingerprint density at radius 1 is 1.16 bits per heavy atom. The van der Waals surface area contributed by atoms with Crippen LogP contribution in [0.15, 0.2) is 30.9 Å². The first-order valence-corrected chi connectivity index (χ1v) is 7.45. The van der Waals surface area contributed by atoms with E-state index in [-0.39, 0.29) is 18.5 Å². The molecule has 0 unspecified atom stereocenters. The molecule has 1 aliphatic carbocycles. The Balaban J connectivity index is 2.07. The number of benzene rings is 1. The molecule has 25 heavy (non-hydrogen) atoms. The number of rotatable bonds is 3. The molecule has 0 saturated heterocycles. The molecule has 9 heteroatoms. The molecular weight excluding hydrogens is 339 g/mol. The average molecular weight is 351 g/mol. The Kier molecular flexibility index (Phi) is 4.23. The van der Waals surface area contributed by atoms with Crippen LogP contribution < -0.4 is 0 Å². The quantitative estimate of drug-likeness (QED) is 0.626. The summed E-state index contributed by atoms with van der Waals surface area (Å²) in [5, 5.41) is 3.74. The predicted octanol–water partition coefficient (Wildman–Crippen LogP) is 2.41. The van der Waals surface area contributed by atoms with Gasteiger partial charge in [-0.05, 0) is 24.6 Å². The third-order valence-electron chi connectivity index (χ3n) is 4.01. The Labute approximate surface area is 139 Å². The molecule has 1 fully saturated rings. The fraction of sp³-hybridized carbons (Fsp3) is 0.312. The van der Waals surface area contributed by atoms with E-state index in [4.69, 9.17) is 0 Å². The lowest BCUT2D eigenvalue weighted by molar-refractivity contribution is -0.139. The van der Waals surface area contributed by atoms with Gasteiger partial charge in [0.05, 0.1) is 11.3 Å². The highest BCUT2D eigenvalue weighted by Crippen LogP contribution is 2.35. The lowest BCUT2D eigenvalue weighted by atomic mass is 9.80. The monoisotopic (exact) mass is 351 g/mol. The second-order valence-corrected chi connectivity index (χ2v) is 5.65. The van der Waals surface area contributed by atoms with Crippen molar-refractivity contribution >= 4 is 17.3 Å². The second-order valence-electron chi connectivity index (χ2n) is 5.65. The SMILES string of the molecule is O=C1CCCC(=O)C1C(=O)c1ccc(-n2cncn2)cc1C(F)(F)F. The van der Waals surface area contributed by atoms with Gasteiger partial charge in [0.25, 0.3) is 0 Å². The van der Waals surface area contributed by atoms with Gasteiger partial charge in [0.15, 0.2) is 17.3 Å². The first-order chi connectivity index (χ1) is 11.8. The van der Waals surface area contributed by atoms with Gasteiger partial charge < -0.3 is 0 Å². The zero-order valence-electron chi connectivity index (χ0n) is 12.8. The number of carbonyl (C=O) groups excluding carboxylic acids is 3. The normalized spacial score (nSPS) is 16.3. The molecular formula is C16H12F3N3O3. The molecule has 1 saturated carbocycles. The van der Waals surface area contributed by atoms with Gasteiger partial charge in [-0.2, -0.15) is 18.3 Å². The van der Waals surface area contributed by atoms with Crippen LogP contribution in [0.1, 0.15) is 35.2 Å². The van der Waals surface area contributed by atoms with E-state index in [2.05, 4.69) is 10.1 Å². The number of carbonyl (C=O) groups is 3. The number of hydrogen-bond donors (Lipinski definition) is 0. The van der Waals surface area contributed by atoms with Crippen molar-refractivity contribution in [1.29, 1.82) is 0 Å². The molecule has 1 aromatic carbocycles. The van der Waals surface area contributed by atoms with Gasteiger partial charge in [-0.1, -0.05) is 0 Å². The summed E-state index contributed by atoms with van der Waals surface area (Å²) >= 11 is 0. The average Bonchev–Trinajstić information content (AvgIpc) is 3.07. The van der Waals surface area contributed by atoms with Gasteiger partial charge >= 0.3 is 6.18 Å². The highest BCUT2D eigenvalue weighted by Gasteiger charge is 2.41. The largest absolute Gasteiger partial charge is 0.417 e. The van der Waals surface area contributed by atoms with Gasteiger partial charge in [-0.3, -0.25) is 14.4 Å². The third-order valence-corrected chi connectivity index (χ3v) is 4.01. The summed E-state index contributed by atoms with van der Waals surface area (Å²) in [6, 6.07) is 2.98. The molecule has 0 bridgehead atoms. The number of hydrogen-bond acceptors (Lipinski definition) is 5. The first-order valence-electron chi connectivity index (χ1n) is 7.45. The Morgan fingerprint density at radius 2 is 1.84 bits per heavy atom.